The molecular formula is C14H22O3. The third-order valence-electron chi connectivity index (χ3n) is 2.43. The van der Waals surface area contributed by atoms with Crippen LogP contribution in [0, 0.1) is 0 Å². The number of rotatable bonds is 8. The van der Waals surface area contributed by atoms with Crippen molar-refractivity contribution in [2.45, 2.75) is 46.0 Å². The average Bonchev–Trinajstić information content (AvgIpc) is 2.25. The summed E-state index contributed by atoms with van der Waals surface area (Å²) in [6.45, 7) is 7.84. The van der Waals surface area contributed by atoms with Gasteiger partial charge < -0.3 is 4.74 Å². The largest absolute Gasteiger partial charge is 0.469 e. The zero-order valence-electron chi connectivity index (χ0n) is 11.0. The van der Waals surface area contributed by atoms with Crippen molar-refractivity contribution in [1.82, 2.24) is 0 Å². The summed E-state index contributed by atoms with van der Waals surface area (Å²) in [6, 6.07) is 0. The Morgan fingerprint density at radius 1 is 1.18 bits per heavy atom. The van der Waals surface area contributed by atoms with Gasteiger partial charge in [0.25, 0.3) is 0 Å². The van der Waals surface area contributed by atoms with Crippen LogP contribution in [0.1, 0.15) is 46.0 Å². The molecule has 0 saturated carbocycles. The molecule has 0 aliphatic carbocycles. The fraction of sp³-hybridized carbons (Fsp3) is 0.571. The first kappa shape index (κ1) is 15.6. The van der Waals surface area contributed by atoms with Crippen molar-refractivity contribution in [1.29, 1.82) is 0 Å². The van der Waals surface area contributed by atoms with Crippen LogP contribution in [0.25, 0.3) is 0 Å². The Bertz CT molecular complexity index is 313. The second-order valence-electron chi connectivity index (χ2n) is 4.34. The summed E-state index contributed by atoms with van der Waals surface area (Å²) >= 11 is 0. The van der Waals surface area contributed by atoms with E-state index in [-0.39, 0.29) is 12.2 Å². The van der Waals surface area contributed by atoms with E-state index in [2.05, 4.69) is 17.4 Å². The molecule has 96 valence electrons. The molecule has 0 aromatic carbocycles. The first-order valence-corrected chi connectivity index (χ1v) is 5.84. The van der Waals surface area contributed by atoms with Crippen LogP contribution in [0.4, 0.5) is 0 Å². The summed E-state index contributed by atoms with van der Waals surface area (Å²) in [5.41, 5.74) is 2.35. The minimum Gasteiger partial charge on any atom is -0.469 e. The summed E-state index contributed by atoms with van der Waals surface area (Å²) < 4.78 is 4.43. The van der Waals surface area contributed by atoms with Crippen molar-refractivity contribution >= 4 is 11.8 Å². The maximum atomic E-state index is 11.4. The van der Waals surface area contributed by atoms with Gasteiger partial charge in [0, 0.05) is 6.42 Å². The molecule has 0 radical (unpaired) electrons. The van der Waals surface area contributed by atoms with Crippen molar-refractivity contribution < 1.29 is 14.3 Å². The predicted octanol–water partition coefficient (Wildman–Crippen LogP) is 3.20. The van der Waals surface area contributed by atoms with E-state index in [4.69, 9.17) is 0 Å². The monoisotopic (exact) mass is 238 g/mol. The Balaban J connectivity index is 3.82. The number of methoxy groups -OCH3 is 1. The molecule has 0 spiro atoms. The fourth-order valence-electron chi connectivity index (χ4n) is 1.33. The van der Waals surface area contributed by atoms with Crippen LogP contribution in [0.5, 0.6) is 0 Å². The van der Waals surface area contributed by atoms with Gasteiger partial charge in [0.1, 0.15) is 12.2 Å². The highest BCUT2D eigenvalue weighted by Gasteiger charge is 2.08. The molecule has 0 heterocycles. The first-order chi connectivity index (χ1) is 7.95. The average molecular weight is 238 g/mol. The van der Waals surface area contributed by atoms with Crippen molar-refractivity contribution in [2.75, 3.05) is 7.11 Å². The van der Waals surface area contributed by atoms with E-state index in [0.29, 0.717) is 12.8 Å². The zero-order chi connectivity index (χ0) is 13.3. The van der Waals surface area contributed by atoms with Crippen LogP contribution in [0.2, 0.25) is 0 Å². The number of allylic oxidation sites excluding steroid dienone is 3. The number of esters is 1. The van der Waals surface area contributed by atoms with E-state index < -0.39 is 5.97 Å². The molecule has 0 saturated heterocycles. The lowest BCUT2D eigenvalue weighted by molar-refractivity contribution is -0.143. The highest BCUT2D eigenvalue weighted by Crippen LogP contribution is 2.10. The molecule has 3 nitrogen and oxygen atoms in total. The van der Waals surface area contributed by atoms with Crippen LogP contribution < -0.4 is 0 Å². The molecular weight excluding hydrogens is 216 g/mol. The van der Waals surface area contributed by atoms with Crippen LogP contribution in [0.15, 0.2) is 23.8 Å². The second-order valence-corrected chi connectivity index (χ2v) is 4.34. The Hall–Kier alpha value is -1.38. The summed E-state index contributed by atoms with van der Waals surface area (Å²) in [6.07, 6.45) is 5.08. The van der Waals surface area contributed by atoms with Gasteiger partial charge >= 0.3 is 5.97 Å². The molecule has 0 fully saturated rings. The lowest BCUT2D eigenvalue weighted by atomic mass is 10.1. The van der Waals surface area contributed by atoms with Crippen molar-refractivity contribution in [3.63, 3.8) is 0 Å². The van der Waals surface area contributed by atoms with E-state index in [1.54, 1.807) is 0 Å². The molecule has 0 N–H and O–H groups in total. The number of hydrogen-bond donors (Lipinski definition) is 0. The van der Waals surface area contributed by atoms with E-state index in [9.17, 15) is 9.59 Å². The van der Waals surface area contributed by atoms with Crippen LogP contribution in [0.3, 0.4) is 0 Å². The zero-order valence-corrected chi connectivity index (χ0v) is 11.0. The second kappa shape index (κ2) is 8.74. The molecule has 0 bridgehead atoms. The fourth-order valence-corrected chi connectivity index (χ4v) is 1.33. The van der Waals surface area contributed by atoms with E-state index in [0.717, 1.165) is 18.4 Å². The molecule has 0 amide bonds. The minimum atomic E-state index is -0.459. The normalized spacial score (nSPS) is 11.1. The Kier molecular flexibility index (Phi) is 8.03. The summed E-state index contributed by atoms with van der Waals surface area (Å²) in [7, 11) is 1.29. The van der Waals surface area contributed by atoms with Gasteiger partial charge in [-0.1, -0.05) is 17.2 Å². The third-order valence-corrected chi connectivity index (χ3v) is 2.43. The van der Waals surface area contributed by atoms with Gasteiger partial charge in [0.15, 0.2) is 0 Å². The van der Waals surface area contributed by atoms with Crippen molar-refractivity contribution in [2.24, 2.45) is 0 Å². The quantitative estimate of drug-likeness (QED) is 0.370. The lowest BCUT2D eigenvalue weighted by Crippen LogP contribution is -2.08. The van der Waals surface area contributed by atoms with Gasteiger partial charge in [0.05, 0.1) is 7.11 Å². The summed E-state index contributed by atoms with van der Waals surface area (Å²) in [5, 5.41) is 0. The topological polar surface area (TPSA) is 43.4 Å². The number of Topliss-reactive ketones (excluding diaryl/α,β-unsaturated/α-hetero) is 1. The number of ether oxygens (including phenoxy) is 1. The molecule has 0 aliphatic heterocycles. The molecule has 0 unspecified atom stereocenters. The van der Waals surface area contributed by atoms with Crippen LogP contribution in [-0.2, 0) is 14.3 Å². The standard InChI is InChI=1S/C14H22O3/c1-11(2)6-5-7-12(3)8-9-13(15)10-14(16)17-4/h7H,1,5-6,8-10H2,2-4H3/b12-7+. The predicted molar refractivity (Wildman–Crippen MR) is 68.7 cm³/mol. The summed E-state index contributed by atoms with van der Waals surface area (Å²) in [5.74, 6) is -0.525. The number of hydrogen-bond acceptors (Lipinski definition) is 3. The van der Waals surface area contributed by atoms with Gasteiger partial charge in [-0.05, 0) is 33.1 Å². The van der Waals surface area contributed by atoms with Crippen molar-refractivity contribution in [3.8, 4) is 0 Å². The Morgan fingerprint density at radius 3 is 2.35 bits per heavy atom. The smallest absolute Gasteiger partial charge is 0.313 e. The number of carbonyl (C=O) groups is 2. The van der Waals surface area contributed by atoms with E-state index in [1.165, 1.54) is 12.7 Å². The summed E-state index contributed by atoms with van der Waals surface area (Å²) in [4.78, 5) is 22.2. The maximum Gasteiger partial charge on any atom is 0.313 e. The lowest BCUT2D eigenvalue weighted by Gasteiger charge is -2.02. The molecule has 0 rings (SSSR count). The van der Waals surface area contributed by atoms with Gasteiger partial charge in [-0.25, -0.2) is 0 Å². The maximum absolute atomic E-state index is 11.4. The molecule has 0 atom stereocenters. The van der Waals surface area contributed by atoms with Gasteiger partial charge in [0.2, 0.25) is 0 Å². The van der Waals surface area contributed by atoms with Crippen LogP contribution in [-0.4, -0.2) is 18.9 Å². The number of ketones is 1. The first-order valence-electron chi connectivity index (χ1n) is 5.84. The number of carbonyl (C=O) groups excluding carboxylic acids is 2. The van der Waals surface area contributed by atoms with E-state index >= 15 is 0 Å². The Labute approximate surface area is 104 Å². The minimum absolute atomic E-state index is 0.0653. The van der Waals surface area contributed by atoms with E-state index in [1.807, 2.05) is 13.8 Å². The van der Waals surface area contributed by atoms with Gasteiger partial charge in [-0.2, -0.15) is 0 Å². The molecule has 3 heteroatoms. The molecule has 0 aromatic heterocycles. The highest BCUT2D eigenvalue weighted by atomic mass is 16.5. The van der Waals surface area contributed by atoms with Gasteiger partial charge in [-0.15, -0.1) is 6.58 Å². The molecule has 17 heavy (non-hydrogen) atoms. The molecule has 0 aliphatic rings. The van der Waals surface area contributed by atoms with Gasteiger partial charge in [-0.3, -0.25) is 9.59 Å². The van der Waals surface area contributed by atoms with Crippen molar-refractivity contribution in [3.05, 3.63) is 23.8 Å². The van der Waals surface area contributed by atoms with Crippen LogP contribution >= 0.6 is 0 Å². The Morgan fingerprint density at radius 2 is 1.82 bits per heavy atom. The molecule has 0 aromatic rings. The SMILES string of the molecule is C=C(C)CC/C=C(\C)CCC(=O)CC(=O)OC. The highest BCUT2D eigenvalue weighted by molar-refractivity contribution is 5.95. The third kappa shape index (κ3) is 9.54.